The van der Waals surface area contributed by atoms with Crippen LogP contribution in [0, 0.1) is 0 Å². The van der Waals surface area contributed by atoms with Crippen molar-refractivity contribution < 1.29 is 5.21 Å². The van der Waals surface area contributed by atoms with Gasteiger partial charge in [0, 0.05) is 6.20 Å². The summed E-state index contributed by atoms with van der Waals surface area (Å²) in [5.74, 6) is 0. The second-order valence-electron chi connectivity index (χ2n) is 3.21. The van der Waals surface area contributed by atoms with E-state index in [9.17, 15) is 0 Å². The highest BCUT2D eigenvalue weighted by Gasteiger charge is 2.01. The number of aromatic nitrogens is 1. The van der Waals surface area contributed by atoms with E-state index in [4.69, 9.17) is 5.21 Å². The van der Waals surface area contributed by atoms with E-state index in [1.807, 2.05) is 35.7 Å². The zero-order valence-electron chi connectivity index (χ0n) is 9.34. The van der Waals surface area contributed by atoms with E-state index in [1.165, 1.54) is 17.6 Å². The van der Waals surface area contributed by atoms with Gasteiger partial charge >= 0.3 is 0 Å². The van der Waals surface area contributed by atoms with Crippen molar-refractivity contribution >= 4 is 29.5 Å². The van der Waals surface area contributed by atoms with Gasteiger partial charge in [-0.2, -0.15) is 5.10 Å². The van der Waals surface area contributed by atoms with E-state index in [-0.39, 0.29) is 0 Å². The summed E-state index contributed by atoms with van der Waals surface area (Å²) in [6.07, 6.45) is 4.47. The molecule has 2 heterocycles. The molecule has 0 unspecified atom stereocenters. The second kappa shape index (κ2) is 6.41. The average Bonchev–Trinajstić information content (AvgIpc) is 2.93. The Morgan fingerprint density at radius 3 is 2.89 bits per heavy atom. The van der Waals surface area contributed by atoms with Crippen molar-refractivity contribution in [3.8, 4) is 0 Å². The molecule has 6 heteroatoms. The molecule has 2 rings (SSSR count). The van der Waals surface area contributed by atoms with Crippen LogP contribution in [-0.2, 0) is 0 Å². The Kier molecular flexibility index (Phi) is 4.32. The van der Waals surface area contributed by atoms with Crippen LogP contribution in [0.4, 0.5) is 0 Å². The fourth-order valence-electron chi connectivity index (χ4n) is 1.22. The predicted octanol–water partition coefficient (Wildman–Crippen LogP) is 2.43. The van der Waals surface area contributed by atoms with Crippen LogP contribution in [0.25, 0.3) is 0 Å². The molecule has 0 aromatic carbocycles. The smallest absolute Gasteiger partial charge is 0.124 e. The van der Waals surface area contributed by atoms with Gasteiger partial charge in [0.15, 0.2) is 0 Å². The summed E-state index contributed by atoms with van der Waals surface area (Å²) in [5, 5.41) is 21.4. The first-order chi connectivity index (χ1) is 8.90. The molecule has 0 amide bonds. The van der Waals surface area contributed by atoms with Crippen molar-refractivity contribution in [3.63, 3.8) is 0 Å². The minimum Gasteiger partial charge on any atom is -0.411 e. The minimum atomic E-state index is 0.500. The lowest BCUT2D eigenvalue weighted by Gasteiger charge is -1.92. The summed E-state index contributed by atoms with van der Waals surface area (Å²) in [5.41, 5.74) is 1.22. The summed E-state index contributed by atoms with van der Waals surface area (Å²) < 4.78 is 0. The molecule has 2 aromatic rings. The highest BCUT2D eigenvalue weighted by molar-refractivity contribution is 7.12. The first-order valence-electron chi connectivity index (χ1n) is 5.13. The number of rotatable bonds is 4. The van der Waals surface area contributed by atoms with Crippen molar-refractivity contribution in [2.75, 3.05) is 0 Å². The van der Waals surface area contributed by atoms with Crippen molar-refractivity contribution in [2.45, 2.75) is 0 Å². The minimum absolute atomic E-state index is 0.500. The predicted molar refractivity (Wildman–Crippen MR) is 73.0 cm³/mol. The normalized spacial score (nSPS) is 12.6. The average molecular weight is 258 g/mol. The lowest BCUT2D eigenvalue weighted by molar-refractivity contribution is 0.322. The molecule has 5 nitrogen and oxygen atoms in total. The van der Waals surface area contributed by atoms with Gasteiger partial charge < -0.3 is 5.21 Å². The molecule has 0 saturated carbocycles. The highest BCUT2D eigenvalue weighted by atomic mass is 32.1. The van der Waals surface area contributed by atoms with Gasteiger partial charge in [0.05, 0.1) is 23.0 Å². The Bertz CT molecular complexity index is 561. The molecule has 90 valence electrons. The third kappa shape index (κ3) is 3.33. The maximum absolute atomic E-state index is 8.58. The zero-order valence-corrected chi connectivity index (χ0v) is 10.2. The molecule has 0 aliphatic carbocycles. The molecule has 0 fully saturated rings. The summed E-state index contributed by atoms with van der Waals surface area (Å²) >= 11 is 1.49. The molecule has 0 aliphatic heterocycles. The van der Waals surface area contributed by atoms with Crippen molar-refractivity contribution in [1.29, 1.82) is 0 Å². The molecule has 18 heavy (non-hydrogen) atoms. The molecule has 0 spiro atoms. The van der Waals surface area contributed by atoms with Gasteiger partial charge in [-0.1, -0.05) is 17.3 Å². The molecule has 1 N–H and O–H groups in total. The number of hydrogen-bond acceptors (Lipinski definition) is 6. The third-order valence-corrected chi connectivity index (χ3v) is 2.89. The van der Waals surface area contributed by atoms with E-state index in [0.29, 0.717) is 11.4 Å². The summed E-state index contributed by atoms with van der Waals surface area (Å²) in [6, 6.07) is 9.29. The highest BCUT2D eigenvalue weighted by Crippen LogP contribution is 2.09. The lowest BCUT2D eigenvalue weighted by Crippen LogP contribution is -1.99. The SMILES string of the molecule is O/N=C/C(=N\N=C\c1ccccn1)c1cccs1. The Labute approximate surface area is 108 Å². The summed E-state index contributed by atoms with van der Waals surface area (Å²) in [4.78, 5) is 4.97. The van der Waals surface area contributed by atoms with Gasteiger partial charge in [-0.05, 0) is 23.6 Å². The number of pyridine rings is 1. The summed E-state index contributed by atoms with van der Waals surface area (Å²) in [6.45, 7) is 0. The Balaban J connectivity index is 2.17. The van der Waals surface area contributed by atoms with Crippen molar-refractivity contribution in [3.05, 3.63) is 52.5 Å². The van der Waals surface area contributed by atoms with E-state index in [2.05, 4.69) is 20.3 Å². The number of hydrogen-bond donors (Lipinski definition) is 1. The topological polar surface area (TPSA) is 70.2 Å². The van der Waals surface area contributed by atoms with Crippen LogP contribution < -0.4 is 0 Å². The van der Waals surface area contributed by atoms with Crippen LogP contribution in [0.1, 0.15) is 10.6 Å². The molecular formula is C12H10N4OS. The molecule has 2 aromatic heterocycles. The van der Waals surface area contributed by atoms with E-state index < -0.39 is 0 Å². The molecule has 0 radical (unpaired) electrons. The maximum atomic E-state index is 8.58. The fourth-order valence-corrected chi connectivity index (χ4v) is 1.90. The Hall–Kier alpha value is -2.34. The first-order valence-corrected chi connectivity index (χ1v) is 6.01. The second-order valence-corrected chi connectivity index (χ2v) is 4.15. The fraction of sp³-hybridized carbons (Fsp3) is 0. The molecule has 0 atom stereocenters. The monoisotopic (exact) mass is 258 g/mol. The van der Waals surface area contributed by atoms with Crippen molar-refractivity contribution in [1.82, 2.24) is 4.98 Å². The van der Waals surface area contributed by atoms with E-state index in [1.54, 1.807) is 12.4 Å². The van der Waals surface area contributed by atoms with Crippen LogP contribution in [0.5, 0.6) is 0 Å². The molecule has 0 aliphatic rings. The van der Waals surface area contributed by atoms with Crippen molar-refractivity contribution in [2.24, 2.45) is 15.4 Å². The van der Waals surface area contributed by atoms with E-state index in [0.717, 1.165) is 4.88 Å². The number of oxime groups is 1. The van der Waals surface area contributed by atoms with Gasteiger partial charge in [-0.15, -0.1) is 16.4 Å². The number of thiophene rings is 1. The van der Waals surface area contributed by atoms with Crippen LogP contribution >= 0.6 is 11.3 Å². The standard InChI is InChI=1S/C12H10N4OS/c17-15-9-11(12-5-3-7-18-12)16-14-8-10-4-1-2-6-13-10/h1-9,17H/b14-8+,15-9+,16-11+. The van der Waals surface area contributed by atoms with Crippen LogP contribution in [0.15, 0.2) is 57.3 Å². The Morgan fingerprint density at radius 2 is 2.22 bits per heavy atom. The zero-order chi connectivity index (χ0) is 12.6. The van der Waals surface area contributed by atoms with Gasteiger partial charge in [0.2, 0.25) is 0 Å². The molecule has 0 saturated heterocycles. The van der Waals surface area contributed by atoms with Crippen LogP contribution in [0.3, 0.4) is 0 Å². The lowest BCUT2D eigenvalue weighted by atomic mass is 10.3. The third-order valence-electron chi connectivity index (χ3n) is 2.00. The first kappa shape index (κ1) is 12.1. The largest absolute Gasteiger partial charge is 0.411 e. The van der Waals surface area contributed by atoms with E-state index >= 15 is 0 Å². The summed E-state index contributed by atoms with van der Waals surface area (Å²) in [7, 11) is 0. The maximum Gasteiger partial charge on any atom is 0.124 e. The van der Waals surface area contributed by atoms with Gasteiger partial charge in [-0.3, -0.25) is 4.98 Å². The molecule has 0 bridgehead atoms. The Morgan fingerprint density at radius 1 is 1.28 bits per heavy atom. The quantitative estimate of drug-likeness (QED) is 0.519. The number of nitrogens with zero attached hydrogens (tertiary/aromatic N) is 4. The van der Waals surface area contributed by atoms with Crippen LogP contribution in [-0.4, -0.2) is 28.3 Å². The van der Waals surface area contributed by atoms with Gasteiger partial charge in [-0.25, -0.2) is 0 Å². The van der Waals surface area contributed by atoms with Crippen LogP contribution in [0.2, 0.25) is 0 Å². The molecular weight excluding hydrogens is 248 g/mol. The van der Waals surface area contributed by atoms with Gasteiger partial charge in [0.1, 0.15) is 5.71 Å². The van der Waals surface area contributed by atoms with Gasteiger partial charge in [0.25, 0.3) is 0 Å².